The number of rotatable bonds is 4. The van der Waals surface area contributed by atoms with E-state index in [2.05, 4.69) is 5.32 Å². The van der Waals surface area contributed by atoms with Crippen LogP contribution in [-0.2, 0) is 19.4 Å². The van der Waals surface area contributed by atoms with E-state index in [0.717, 1.165) is 19.1 Å². The van der Waals surface area contributed by atoms with Gasteiger partial charge >= 0.3 is 5.97 Å². The summed E-state index contributed by atoms with van der Waals surface area (Å²) < 4.78 is 22.5. The maximum Gasteiger partial charge on any atom is 0.308 e. The number of sulfone groups is 1. The fourth-order valence-corrected chi connectivity index (χ4v) is 2.55. The molecule has 1 amide bonds. The van der Waals surface area contributed by atoms with Crippen LogP contribution in [0.4, 0.5) is 0 Å². The number of amides is 1. The maximum absolute atomic E-state index is 11.7. The Balaban J connectivity index is 2.70. The number of carbonyl (C=O) groups excluding carboxylic acids is 1. The third-order valence-electron chi connectivity index (χ3n) is 3.42. The van der Waals surface area contributed by atoms with Crippen LogP contribution in [0.1, 0.15) is 32.6 Å². The van der Waals surface area contributed by atoms with Crippen LogP contribution >= 0.6 is 0 Å². The van der Waals surface area contributed by atoms with Gasteiger partial charge in [0, 0.05) is 12.3 Å². The Morgan fingerprint density at radius 1 is 1.28 bits per heavy atom. The van der Waals surface area contributed by atoms with Crippen LogP contribution in [0.25, 0.3) is 0 Å². The van der Waals surface area contributed by atoms with Crippen LogP contribution in [0.5, 0.6) is 0 Å². The van der Waals surface area contributed by atoms with Gasteiger partial charge in [-0.2, -0.15) is 0 Å². The molecule has 2 N–H and O–H groups in total. The van der Waals surface area contributed by atoms with Gasteiger partial charge in [0.25, 0.3) is 0 Å². The molecule has 0 aliphatic heterocycles. The average molecular weight is 277 g/mol. The van der Waals surface area contributed by atoms with Gasteiger partial charge in [-0.1, -0.05) is 12.8 Å². The molecule has 0 bridgehead atoms. The third kappa shape index (κ3) is 3.69. The minimum absolute atomic E-state index is 0.465. The van der Waals surface area contributed by atoms with E-state index in [-0.39, 0.29) is 0 Å². The van der Waals surface area contributed by atoms with Gasteiger partial charge in [0.05, 0.1) is 5.92 Å². The van der Waals surface area contributed by atoms with Crippen molar-refractivity contribution in [3.8, 4) is 0 Å². The van der Waals surface area contributed by atoms with E-state index in [9.17, 15) is 18.0 Å². The molecule has 1 aliphatic rings. The van der Waals surface area contributed by atoms with Crippen molar-refractivity contribution >= 4 is 21.7 Å². The van der Waals surface area contributed by atoms with Gasteiger partial charge in [-0.15, -0.1) is 0 Å². The molecule has 0 radical (unpaired) electrons. The Morgan fingerprint density at radius 2 is 1.83 bits per heavy atom. The summed E-state index contributed by atoms with van der Waals surface area (Å²) in [7, 11) is -3.45. The van der Waals surface area contributed by atoms with Gasteiger partial charge in [-0.05, 0) is 19.8 Å². The number of carbonyl (C=O) groups is 2. The zero-order valence-electron chi connectivity index (χ0n) is 10.5. The van der Waals surface area contributed by atoms with Crippen molar-refractivity contribution in [1.82, 2.24) is 5.32 Å². The number of carboxylic acid groups (broad SMARTS) is 1. The highest BCUT2D eigenvalue weighted by Crippen LogP contribution is 2.24. The normalized spacial score (nSPS) is 26.3. The van der Waals surface area contributed by atoms with Crippen molar-refractivity contribution in [2.45, 2.75) is 43.9 Å². The zero-order valence-corrected chi connectivity index (χ0v) is 11.4. The van der Waals surface area contributed by atoms with Crippen molar-refractivity contribution < 1.29 is 23.1 Å². The van der Waals surface area contributed by atoms with Crippen LogP contribution in [0.3, 0.4) is 0 Å². The second-order valence-corrected chi connectivity index (χ2v) is 7.18. The molecule has 1 saturated carbocycles. The first-order valence-corrected chi connectivity index (χ1v) is 7.91. The lowest BCUT2D eigenvalue weighted by atomic mass is 9.84. The summed E-state index contributed by atoms with van der Waals surface area (Å²) in [5, 5.41) is 10.5. The Labute approximate surface area is 107 Å². The van der Waals surface area contributed by atoms with Crippen molar-refractivity contribution in [3.05, 3.63) is 0 Å². The molecule has 0 spiro atoms. The molecule has 0 aromatic carbocycles. The van der Waals surface area contributed by atoms with Crippen molar-refractivity contribution in [2.75, 3.05) is 6.26 Å². The molecule has 0 aromatic rings. The van der Waals surface area contributed by atoms with Crippen LogP contribution in [0.2, 0.25) is 0 Å². The van der Waals surface area contributed by atoms with E-state index in [4.69, 9.17) is 5.11 Å². The maximum atomic E-state index is 11.7. The zero-order chi connectivity index (χ0) is 13.9. The second kappa shape index (κ2) is 5.69. The fourth-order valence-electron chi connectivity index (χ4n) is 2.09. The van der Waals surface area contributed by atoms with Gasteiger partial charge in [-0.25, -0.2) is 8.42 Å². The lowest BCUT2D eigenvalue weighted by Gasteiger charge is -2.29. The summed E-state index contributed by atoms with van der Waals surface area (Å²) in [5.41, 5.74) is 0. The van der Waals surface area contributed by atoms with Crippen LogP contribution < -0.4 is 5.32 Å². The predicted octanol–water partition coefficient (Wildman–Crippen LogP) is 0.179. The molecule has 7 heteroatoms. The highest BCUT2D eigenvalue weighted by molar-refractivity contribution is 7.92. The quantitative estimate of drug-likeness (QED) is 0.763. The molecule has 3 atom stereocenters. The van der Waals surface area contributed by atoms with Gasteiger partial charge in [-0.3, -0.25) is 9.59 Å². The summed E-state index contributed by atoms with van der Waals surface area (Å²) in [6.07, 6.45) is 3.77. The van der Waals surface area contributed by atoms with E-state index < -0.39 is 38.9 Å². The van der Waals surface area contributed by atoms with Crippen molar-refractivity contribution in [3.63, 3.8) is 0 Å². The molecule has 1 aliphatic carbocycles. The summed E-state index contributed by atoms with van der Waals surface area (Å²) in [5.74, 6) is -2.17. The Morgan fingerprint density at radius 3 is 2.33 bits per heavy atom. The largest absolute Gasteiger partial charge is 0.481 e. The topological polar surface area (TPSA) is 101 Å². The molecule has 0 aromatic heterocycles. The highest BCUT2D eigenvalue weighted by Gasteiger charge is 2.34. The molecular weight excluding hydrogens is 258 g/mol. The van der Waals surface area contributed by atoms with Crippen LogP contribution in [0, 0.1) is 5.92 Å². The van der Waals surface area contributed by atoms with Crippen molar-refractivity contribution in [1.29, 1.82) is 0 Å². The minimum atomic E-state index is -3.45. The first-order chi connectivity index (χ1) is 8.23. The minimum Gasteiger partial charge on any atom is -0.481 e. The fraction of sp³-hybridized carbons (Fsp3) is 0.818. The van der Waals surface area contributed by atoms with Gasteiger partial charge < -0.3 is 10.4 Å². The first-order valence-electron chi connectivity index (χ1n) is 5.95. The summed E-state index contributed by atoms with van der Waals surface area (Å²) in [6.45, 7) is 1.31. The predicted molar refractivity (Wildman–Crippen MR) is 65.8 cm³/mol. The monoisotopic (exact) mass is 277 g/mol. The number of aliphatic carboxylic acids is 1. The number of hydrogen-bond donors (Lipinski definition) is 2. The van der Waals surface area contributed by atoms with Crippen molar-refractivity contribution in [2.24, 2.45) is 5.92 Å². The number of hydrogen-bond acceptors (Lipinski definition) is 4. The van der Waals surface area contributed by atoms with E-state index >= 15 is 0 Å². The molecule has 0 saturated heterocycles. The number of carboxylic acids is 1. The molecule has 3 unspecified atom stereocenters. The Bertz CT molecular complexity index is 431. The van der Waals surface area contributed by atoms with Gasteiger partial charge in [0.2, 0.25) is 5.91 Å². The van der Waals surface area contributed by atoms with Gasteiger partial charge in [0.15, 0.2) is 9.84 Å². The molecular formula is C11H19NO5S. The Hall–Kier alpha value is -1.11. The molecule has 1 fully saturated rings. The first kappa shape index (κ1) is 14.9. The highest BCUT2D eigenvalue weighted by atomic mass is 32.2. The SMILES string of the molecule is CC(C(=O)NC1CCCCC1C(=O)O)S(C)(=O)=O. The second-order valence-electron chi connectivity index (χ2n) is 4.82. The van der Waals surface area contributed by atoms with E-state index in [0.29, 0.717) is 12.8 Å². The van der Waals surface area contributed by atoms with E-state index in [1.54, 1.807) is 0 Å². The van der Waals surface area contributed by atoms with Crippen LogP contribution in [0.15, 0.2) is 0 Å². The van der Waals surface area contributed by atoms with Gasteiger partial charge in [0.1, 0.15) is 5.25 Å². The molecule has 0 heterocycles. The molecule has 1 rings (SSSR count). The smallest absolute Gasteiger partial charge is 0.308 e. The number of nitrogens with one attached hydrogen (secondary N) is 1. The lowest BCUT2D eigenvalue weighted by molar-refractivity contribution is -0.144. The van der Waals surface area contributed by atoms with E-state index in [1.165, 1.54) is 6.92 Å². The lowest BCUT2D eigenvalue weighted by Crippen LogP contribution is -2.49. The summed E-state index contributed by atoms with van der Waals surface area (Å²) >= 11 is 0. The standard InChI is InChI=1S/C11H19NO5S/c1-7(18(2,16)17)10(13)12-9-6-4-3-5-8(9)11(14)15/h7-9H,3-6H2,1-2H3,(H,12,13)(H,14,15). The van der Waals surface area contributed by atoms with Crippen LogP contribution in [-0.4, -0.2) is 42.9 Å². The summed E-state index contributed by atoms with van der Waals surface area (Å²) in [6, 6.07) is -0.465. The Kier molecular flexibility index (Phi) is 4.72. The molecule has 104 valence electrons. The molecule has 6 nitrogen and oxygen atoms in total. The van der Waals surface area contributed by atoms with E-state index in [1.807, 2.05) is 0 Å². The molecule has 18 heavy (non-hydrogen) atoms. The third-order valence-corrected chi connectivity index (χ3v) is 4.92. The summed E-state index contributed by atoms with van der Waals surface area (Å²) in [4.78, 5) is 22.8. The average Bonchev–Trinajstić information content (AvgIpc) is 2.27.